The highest BCUT2D eigenvalue weighted by Gasteiger charge is 2.35. The van der Waals surface area contributed by atoms with E-state index in [9.17, 15) is 20.1 Å². The van der Waals surface area contributed by atoms with Gasteiger partial charge < -0.3 is 30.4 Å². The number of hydrogen-bond donors (Lipinski definition) is 5. The Morgan fingerprint density at radius 2 is 1.69 bits per heavy atom. The van der Waals surface area contributed by atoms with Crippen molar-refractivity contribution in [3.05, 3.63) is 0 Å². The smallest absolute Gasteiger partial charge is 0.253 e. The number of aliphatic hydroxyl groups is 5. The Labute approximate surface area is 93.6 Å². The normalized spacial score (nSPS) is 18.7. The molecule has 4 unspecified atom stereocenters. The second-order valence-corrected chi connectivity index (χ2v) is 3.53. The third-order valence-corrected chi connectivity index (χ3v) is 2.36. The largest absolute Gasteiger partial charge is 0.394 e. The number of rotatable bonds is 6. The van der Waals surface area contributed by atoms with Gasteiger partial charge in [0.15, 0.2) is 6.10 Å². The zero-order chi connectivity index (χ0) is 12.9. The minimum atomic E-state index is -1.84. The average molecular weight is 237 g/mol. The molecule has 0 saturated carbocycles. The molecule has 4 atom stereocenters. The molecule has 5 N–H and O–H groups in total. The highest BCUT2D eigenvalue weighted by Crippen LogP contribution is 2.07. The summed E-state index contributed by atoms with van der Waals surface area (Å²) >= 11 is 0. The van der Waals surface area contributed by atoms with Crippen LogP contribution in [0, 0.1) is 0 Å². The van der Waals surface area contributed by atoms with Crippen LogP contribution in [0.1, 0.15) is 6.92 Å². The predicted octanol–water partition coefficient (Wildman–Crippen LogP) is -3.10. The van der Waals surface area contributed by atoms with Gasteiger partial charge in [-0.3, -0.25) is 4.79 Å². The monoisotopic (exact) mass is 237 g/mol. The number of aliphatic hydroxyl groups excluding tert-OH is 5. The first-order chi connectivity index (χ1) is 7.36. The lowest BCUT2D eigenvalue weighted by Crippen LogP contribution is -2.51. The number of carbonyl (C=O) groups excluding carboxylic acids is 1. The molecular weight excluding hydrogens is 218 g/mol. The highest BCUT2D eigenvalue weighted by molar-refractivity contribution is 5.81. The molecule has 0 spiro atoms. The van der Waals surface area contributed by atoms with Gasteiger partial charge in [0, 0.05) is 13.6 Å². The van der Waals surface area contributed by atoms with Gasteiger partial charge in [0.1, 0.15) is 18.3 Å². The summed E-state index contributed by atoms with van der Waals surface area (Å²) in [4.78, 5) is 12.6. The molecule has 7 nitrogen and oxygen atoms in total. The third kappa shape index (κ3) is 3.69. The fraction of sp³-hybridized carbons (Fsp3) is 0.889. The van der Waals surface area contributed by atoms with Crippen molar-refractivity contribution in [3.8, 4) is 0 Å². The zero-order valence-electron chi connectivity index (χ0n) is 9.32. The van der Waals surface area contributed by atoms with Crippen molar-refractivity contribution in [2.45, 2.75) is 31.3 Å². The Balaban J connectivity index is 4.48. The minimum absolute atomic E-state index is 0.335. The molecule has 0 rings (SSSR count). The molecule has 0 fully saturated rings. The average Bonchev–Trinajstić information content (AvgIpc) is 2.32. The third-order valence-electron chi connectivity index (χ3n) is 2.36. The Hall–Kier alpha value is -0.730. The molecule has 96 valence electrons. The van der Waals surface area contributed by atoms with E-state index in [0.717, 1.165) is 4.90 Å². The summed E-state index contributed by atoms with van der Waals surface area (Å²) in [5.41, 5.74) is 0. The Morgan fingerprint density at radius 1 is 1.19 bits per heavy atom. The van der Waals surface area contributed by atoms with Crippen LogP contribution in [0.25, 0.3) is 0 Å². The van der Waals surface area contributed by atoms with Crippen LogP contribution in [0.5, 0.6) is 0 Å². The van der Waals surface area contributed by atoms with E-state index in [-0.39, 0.29) is 0 Å². The highest BCUT2D eigenvalue weighted by atomic mass is 16.4. The number of amides is 1. The standard InChI is InChI=1S/C9H19NO6/c1-3-10(2)9(16)8(15)7(14)6(13)5(12)4-11/h5-8,11-15H,3-4H2,1-2H3. The fourth-order valence-corrected chi connectivity index (χ4v) is 1.05. The molecule has 0 radical (unpaired) electrons. The van der Waals surface area contributed by atoms with Crippen molar-refractivity contribution >= 4 is 5.91 Å². The van der Waals surface area contributed by atoms with Crippen molar-refractivity contribution in [3.63, 3.8) is 0 Å². The van der Waals surface area contributed by atoms with Crippen molar-refractivity contribution in [1.29, 1.82) is 0 Å². The first-order valence-electron chi connectivity index (χ1n) is 4.94. The second-order valence-electron chi connectivity index (χ2n) is 3.53. The van der Waals surface area contributed by atoms with Crippen LogP contribution >= 0.6 is 0 Å². The van der Waals surface area contributed by atoms with Gasteiger partial charge in [-0.15, -0.1) is 0 Å². The molecule has 0 bridgehead atoms. The van der Waals surface area contributed by atoms with Crippen LogP contribution in [0.15, 0.2) is 0 Å². The topological polar surface area (TPSA) is 121 Å². The van der Waals surface area contributed by atoms with Crippen LogP contribution in [-0.4, -0.2) is 81.0 Å². The maximum absolute atomic E-state index is 11.4. The van der Waals surface area contributed by atoms with Crippen LogP contribution in [-0.2, 0) is 4.79 Å². The lowest BCUT2D eigenvalue weighted by molar-refractivity contribution is -0.157. The van der Waals surface area contributed by atoms with Gasteiger partial charge in [-0.1, -0.05) is 0 Å². The van der Waals surface area contributed by atoms with E-state index < -0.39 is 36.9 Å². The lowest BCUT2D eigenvalue weighted by Gasteiger charge is -2.27. The molecule has 0 aromatic rings. The molecule has 0 saturated heterocycles. The first-order valence-corrected chi connectivity index (χ1v) is 4.94. The van der Waals surface area contributed by atoms with Crippen molar-refractivity contribution < 1.29 is 30.3 Å². The van der Waals surface area contributed by atoms with Gasteiger partial charge in [0.2, 0.25) is 0 Å². The Morgan fingerprint density at radius 3 is 2.06 bits per heavy atom. The van der Waals surface area contributed by atoms with E-state index in [4.69, 9.17) is 10.2 Å². The van der Waals surface area contributed by atoms with Crippen molar-refractivity contribution in [2.75, 3.05) is 20.2 Å². The van der Waals surface area contributed by atoms with E-state index in [2.05, 4.69) is 0 Å². The first kappa shape index (κ1) is 15.3. The summed E-state index contributed by atoms with van der Waals surface area (Å²) in [6.07, 6.45) is -7.07. The number of carbonyl (C=O) groups is 1. The number of nitrogens with zero attached hydrogens (tertiary/aromatic N) is 1. The summed E-state index contributed by atoms with van der Waals surface area (Å²) in [7, 11) is 1.42. The van der Waals surface area contributed by atoms with Gasteiger partial charge >= 0.3 is 0 Å². The maximum atomic E-state index is 11.4. The number of hydrogen-bond acceptors (Lipinski definition) is 6. The summed E-state index contributed by atoms with van der Waals surface area (Å²) < 4.78 is 0. The van der Waals surface area contributed by atoms with Gasteiger partial charge in [0.25, 0.3) is 5.91 Å². The van der Waals surface area contributed by atoms with Crippen LogP contribution in [0.2, 0.25) is 0 Å². The fourth-order valence-electron chi connectivity index (χ4n) is 1.05. The van der Waals surface area contributed by atoms with Crippen molar-refractivity contribution in [2.24, 2.45) is 0 Å². The molecule has 1 amide bonds. The van der Waals surface area contributed by atoms with Crippen molar-refractivity contribution in [1.82, 2.24) is 4.90 Å². The van der Waals surface area contributed by atoms with Gasteiger partial charge in [-0.05, 0) is 6.92 Å². The van der Waals surface area contributed by atoms with Crippen LogP contribution in [0.4, 0.5) is 0 Å². The second kappa shape index (κ2) is 6.77. The number of likely N-dealkylation sites (N-methyl/N-ethyl adjacent to an activating group) is 1. The molecule has 0 aliphatic carbocycles. The van der Waals surface area contributed by atoms with E-state index in [1.54, 1.807) is 6.92 Å². The summed E-state index contributed by atoms with van der Waals surface area (Å²) in [6.45, 7) is 1.24. The summed E-state index contributed by atoms with van der Waals surface area (Å²) in [6, 6.07) is 0. The summed E-state index contributed by atoms with van der Waals surface area (Å²) in [5.74, 6) is -0.765. The summed E-state index contributed by atoms with van der Waals surface area (Å²) in [5, 5.41) is 45.6. The zero-order valence-corrected chi connectivity index (χ0v) is 9.32. The van der Waals surface area contributed by atoms with E-state index >= 15 is 0 Å². The molecule has 0 heterocycles. The molecule has 0 aromatic heterocycles. The molecule has 16 heavy (non-hydrogen) atoms. The Bertz CT molecular complexity index is 224. The van der Waals surface area contributed by atoms with E-state index in [1.165, 1.54) is 7.05 Å². The molecule has 0 aliphatic heterocycles. The SMILES string of the molecule is CCN(C)C(=O)C(O)C(O)C(O)C(O)CO. The molecule has 7 heteroatoms. The minimum Gasteiger partial charge on any atom is -0.394 e. The maximum Gasteiger partial charge on any atom is 0.253 e. The van der Waals surface area contributed by atoms with Gasteiger partial charge in [-0.25, -0.2) is 0 Å². The predicted molar refractivity (Wildman–Crippen MR) is 54.4 cm³/mol. The molecule has 0 aromatic carbocycles. The van der Waals surface area contributed by atoms with Gasteiger partial charge in [-0.2, -0.15) is 0 Å². The van der Waals surface area contributed by atoms with Crippen LogP contribution < -0.4 is 0 Å². The lowest BCUT2D eigenvalue weighted by atomic mass is 10.0. The van der Waals surface area contributed by atoms with E-state index in [0.29, 0.717) is 6.54 Å². The molecular formula is C9H19NO6. The van der Waals surface area contributed by atoms with Gasteiger partial charge in [0.05, 0.1) is 6.61 Å². The quantitative estimate of drug-likeness (QED) is 0.333. The van der Waals surface area contributed by atoms with Crippen LogP contribution in [0.3, 0.4) is 0 Å². The molecule has 0 aliphatic rings. The van der Waals surface area contributed by atoms with E-state index in [1.807, 2.05) is 0 Å². The Kier molecular flexibility index (Phi) is 6.46.